The fourth-order valence-electron chi connectivity index (χ4n) is 2.47. The molecule has 2 aromatic rings. The molecule has 2 aromatic carbocycles. The highest BCUT2D eigenvalue weighted by atomic mass is 16.5. The Morgan fingerprint density at radius 3 is 1.90 bits per heavy atom. The predicted molar refractivity (Wildman–Crippen MR) is 119 cm³/mol. The molecule has 0 unspecified atom stereocenters. The molecule has 164 valence electrons. The van der Waals surface area contributed by atoms with Crippen molar-refractivity contribution in [1.29, 1.82) is 0 Å². The third kappa shape index (κ3) is 8.88. The molecule has 0 aromatic heterocycles. The number of rotatable bonds is 14. The summed E-state index contributed by atoms with van der Waals surface area (Å²) in [6.45, 7) is 10.0. The molecule has 0 fully saturated rings. The lowest BCUT2D eigenvalue weighted by Crippen LogP contribution is -2.11. The molecule has 0 atom stereocenters. The highest BCUT2D eigenvalue weighted by Crippen LogP contribution is 2.24. The maximum Gasteiger partial charge on any atom is 0.333 e. The van der Waals surface area contributed by atoms with E-state index in [1.165, 1.54) is 6.08 Å². The van der Waals surface area contributed by atoms with Gasteiger partial charge in [-0.2, -0.15) is 0 Å². The van der Waals surface area contributed by atoms with Gasteiger partial charge < -0.3 is 18.9 Å². The molecule has 31 heavy (non-hydrogen) atoms. The first kappa shape index (κ1) is 23.9. The molecule has 0 amide bonds. The summed E-state index contributed by atoms with van der Waals surface area (Å²) in [4.78, 5) is 22.3. The van der Waals surface area contributed by atoms with Crippen LogP contribution in [-0.2, 0) is 19.1 Å². The number of hydrogen-bond acceptors (Lipinski definition) is 6. The zero-order valence-electron chi connectivity index (χ0n) is 17.8. The second kappa shape index (κ2) is 13.0. The van der Waals surface area contributed by atoms with Gasteiger partial charge in [-0.1, -0.05) is 37.4 Å². The van der Waals surface area contributed by atoms with E-state index in [2.05, 4.69) is 13.2 Å². The van der Waals surface area contributed by atoms with Crippen LogP contribution >= 0.6 is 0 Å². The second-order valence-electron chi connectivity index (χ2n) is 6.74. The highest BCUT2D eigenvalue weighted by molar-refractivity contribution is 5.90. The fraction of sp³-hybridized carbons (Fsp3) is 0.280. The van der Waals surface area contributed by atoms with E-state index in [1.54, 1.807) is 6.92 Å². The molecule has 0 spiro atoms. The Hall–Kier alpha value is -3.38. The van der Waals surface area contributed by atoms with Crippen molar-refractivity contribution in [1.82, 2.24) is 0 Å². The van der Waals surface area contributed by atoms with Crippen LogP contribution in [0.2, 0.25) is 0 Å². The Kier molecular flexibility index (Phi) is 10.0. The zero-order chi connectivity index (χ0) is 22.5. The van der Waals surface area contributed by atoms with Gasteiger partial charge in [-0.05, 0) is 48.4 Å². The van der Waals surface area contributed by atoms with Gasteiger partial charge in [-0.25, -0.2) is 4.79 Å². The van der Waals surface area contributed by atoms with Crippen LogP contribution in [0, 0.1) is 0 Å². The maximum absolute atomic E-state index is 11.3. The SMILES string of the molecule is C=CC(=O)COCCOc1ccc(-c2ccc(OCCCOC(=O)C(=C)C)cc2)cc1. The first-order chi connectivity index (χ1) is 15.0. The van der Waals surface area contributed by atoms with Crippen molar-refractivity contribution in [3.63, 3.8) is 0 Å². The lowest BCUT2D eigenvalue weighted by molar-refractivity contribution is -0.139. The van der Waals surface area contributed by atoms with Gasteiger partial charge in [0, 0.05) is 12.0 Å². The van der Waals surface area contributed by atoms with Crippen molar-refractivity contribution in [2.24, 2.45) is 0 Å². The summed E-state index contributed by atoms with van der Waals surface area (Å²) in [7, 11) is 0. The molecule has 0 bridgehead atoms. The van der Waals surface area contributed by atoms with Gasteiger partial charge in [0.05, 0.1) is 19.8 Å². The van der Waals surface area contributed by atoms with Crippen molar-refractivity contribution < 1.29 is 28.5 Å². The van der Waals surface area contributed by atoms with E-state index in [9.17, 15) is 9.59 Å². The number of ketones is 1. The van der Waals surface area contributed by atoms with Crippen LogP contribution in [0.15, 0.2) is 73.3 Å². The number of esters is 1. The molecule has 0 N–H and O–H groups in total. The molecule has 0 aliphatic carbocycles. The molecule has 6 nitrogen and oxygen atoms in total. The summed E-state index contributed by atoms with van der Waals surface area (Å²) in [6.07, 6.45) is 1.85. The summed E-state index contributed by atoms with van der Waals surface area (Å²) in [5.74, 6) is 0.957. The summed E-state index contributed by atoms with van der Waals surface area (Å²) >= 11 is 0. The van der Waals surface area contributed by atoms with Crippen LogP contribution in [0.1, 0.15) is 13.3 Å². The predicted octanol–water partition coefficient (Wildman–Crippen LogP) is 4.39. The zero-order valence-corrected chi connectivity index (χ0v) is 17.8. The van der Waals surface area contributed by atoms with Gasteiger partial charge >= 0.3 is 5.97 Å². The molecule has 0 radical (unpaired) electrons. The average molecular weight is 424 g/mol. The summed E-state index contributed by atoms with van der Waals surface area (Å²) < 4.78 is 21.5. The largest absolute Gasteiger partial charge is 0.493 e. The Morgan fingerprint density at radius 2 is 1.39 bits per heavy atom. The standard InChI is InChI=1S/C25H28O6/c1-4-22(26)18-28-16-17-30-24-12-8-21(9-13-24)20-6-10-23(11-7-20)29-14-5-15-31-25(27)19(2)3/h4,6-13H,1-2,5,14-18H2,3H3. The van der Waals surface area contributed by atoms with E-state index in [-0.39, 0.29) is 18.4 Å². The van der Waals surface area contributed by atoms with Gasteiger partial charge in [0.15, 0.2) is 5.78 Å². The molecule has 6 heteroatoms. The topological polar surface area (TPSA) is 71.1 Å². The molecule has 0 aliphatic heterocycles. The molecule has 0 saturated heterocycles. The lowest BCUT2D eigenvalue weighted by Gasteiger charge is -2.09. The second-order valence-corrected chi connectivity index (χ2v) is 6.74. The smallest absolute Gasteiger partial charge is 0.333 e. The normalized spacial score (nSPS) is 10.2. The van der Waals surface area contributed by atoms with Crippen LogP contribution in [0.4, 0.5) is 0 Å². The van der Waals surface area contributed by atoms with Crippen molar-refractivity contribution in [2.45, 2.75) is 13.3 Å². The van der Waals surface area contributed by atoms with E-state index in [4.69, 9.17) is 18.9 Å². The Labute approximate surface area is 183 Å². The summed E-state index contributed by atoms with van der Waals surface area (Å²) in [6, 6.07) is 15.5. The number of carbonyl (C=O) groups is 2. The van der Waals surface area contributed by atoms with Gasteiger partial charge in [0.1, 0.15) is 24.7 Å². The number of carbonyl (C=O) groups excluding carboxylic acids is 2. The number of ether oxygens (including phenoxy) is 4. The Morgan fingerprint density at radius 1 is 0.839 bits per heavy atom. The fourth-order valence-corrected chi connectivity index (χ4v) is 2.47. The van der Waals surface area contributed by atoms with Gasteiger partial charge in [-0.15, -0.1) is 0 Å². The minimum atomic E-state index is -0.380. The molecule has 2 rings (SSSR count). The van der Waals surface area contributed by atoms with Gasteiger partial charge in [0.25, 0.3) is 0 Å². The van der Waals surface area contributed by atoms with Crippen molar-refractivity contribution in [2.75, 3.05) is 33.0 Å². The van der Waals surface area contributed by atoms with Crippen LogP contribution in [0.5, 0.6) is 11.5 Å². The third-order valence-corrected chi connectivity index (χ3v) is 4.15. The van der Waals surface area contributed by atoms with E-state index in [0.29, 0.717) is 38.4 Å². The van der Waals surface area contributed by atoms with Crippen LogP contribution in [0.3, 0.4) is 0 Å². The summed E-state index contributed by atoms with van der Waals surface area (Å²) in [5.41, 5.74) is 2.50. The highest BCUT2D eigenvalue weighted by Gasteiger charge is 2.03. The molecular formula is C25H28O6. The molecule has 0 aliphatic rings. The van der Waals surface area contributed by atoms with E-state index in [0.717, 1.165) is 22.6 Å². The van der Waals surface area contributed by atoms with Crippen LogP contribution in [-0.4, -0.2) is 44.8 Å². The lowest BCUT2D eigenvalue weighted by atomic mass is 10.1. The van der Waals surface area contributed by atoms with Crippen molar-refractivity contribution in [3.05, 3.63) is 73.3 Å². The first-order valence-electron chi connectivity index (χ1n) is 10.0. The molecule has 0 saturated carbocycles. The van der Waals surface area contributed by atoms with Crippen molar-refractivity contribution >= 4 is 11.8 Å². The number of benzene rings is 2. The van der Waals surface area contributed by atoms with Crippen LogP contribution < -0.4 is 9.47 Å². The maximum atomic E-state index is 11.3. The van der Waals surface area contributed by atoms with E-state index < -0.39 is 0 Å². The minimum Gasteiger partial charge on any atom is -0.493 e. The van der Waals surface area contributed by atoms with Gasteiger partial charge in [0.2, 0.25) is 0 Å². The van der Waals surface area contributed by atoms with E-state index in [1.807, 2.05) is 48.5 Å². The third-order valence-electron chi connectivity index (χ3n) is 4.15. The van der Waals surface area contributed by atoms with Gasteiger partial charge in [-0.3, -0.25) is 4.79 Å². The minimum absolute atomic E-state index is 0.0218. The first-order valence-corrected chi connectivity index (χ1v) is 10.0. The molecular weight excluding hydrogens is 396 g/mol. The van der Waals surface area contributed by atoms with Crippen molar-refractivity contribution in [3.8, 4) is 22.6 Å². The summed E-state index contributed by atoms with van der Waals surface area (Å²) in [5, 5.41) is 0. The quantitative estimate of drug-likeness (QED) is 0.254. The molecule has 0 heterocycles. The van der Waals surface area contributed by atoms with E-state index >= 15 is 0 Å². The number of hydrogen-bond donors (Lipinski definition) is 0. The Balaban J connectivity index is 1.72. The average Bonchev–Trinajstić information content (AvgIpc) is 2.79. The monoisotopic (exact) mass is 424 g/mol. The van der Waals surface area contributed by atoms with Crippen LogP contribution in [0.25, 0.3) is 11.1 Å². The Bertz CT molecular complexity index is 868.